The van der Waals surface area contributed by atoms with Crippen LogP contribution in [-0.4, -0.2) is 26.8 Å². The summed E-state index contributed by atoms with van der Waals surface area (Å²) in [5.41, 5.74) is 3.41. The molecule has 0 spiro atoms. The van der Waals surface area contributed by atoms with Gasteiger partial charge in [-0.3, -0.25) is 4.79 Å². The van der Waals surface area contributed by atoms with Crippen molar-refractivity contribution in [3.05, 3.63) is 75.2 Å². The van der Waals surface area contributed by atoms with E-state index in [0.717, 1.165) is 42.1 Å². The highest BCUT2D eigenvalue weighted by atomic mass is 35.5. The Morgan fingerprint density at radius 1 is 1.17 bits per heavy atom. The zero-order valence-corrected chi connectivity index (χ0v) is 16.5. The number of nitrogens with zero attached hydrogens (tertiary/aromatic N) is 2. The van der Waals surface area contributed by atoms with Crippen molar-refractivity contribution in [3.8, 4) is 11.3 Å². The van der Waals surface area contributed by atoms with Crippen LogP contribution in [0.3, 0.4) is 0 Å². The van der Waals surface area contributed by atoms with E-state index in [4.69, 9.17) is 16.7 Å². The van der Waals surface area contributed by atoms with E-state index in [0.29, 0.717) is 28.3 Å². The van der Waals surface area contributed by atoms with Crippen LogP contribution in [0.4, 0.5) is 4.39 Å². The van der Waals surface area contributed by atoms with Gasteiger partial charge in [0.15, 0.2) is 0 Å². The third kappa shape index (κ3) is 3.34. The number of rotatable bonds is 3. The maximum Gasteiger partial charge on any atom is 0.338 e. The third-order valence-corrected chi connectivity index (χ3v) is 5.60. The first kappa shape index (κ1) is 19.3. The van der Waals surface area contributed by atoms with Crippen LogP contribution >= 0.6 is 11.6 Å². The van der Waals surface area contributed by atoms with Crippen LogP contribution < -0.4 is 0 Å². The van der Waals surface area contributed by atoms with E-state index in [1.165, 1.54) is 16.8 Å². The summed E-state index contributed by atoms with van der Waals surface area (Å²) in [6, 6.07) is 9.18. The van der Waals surface area contributed by atoms with Gasteiger partial charge in [-0.1, -0.05) is 29.8 Å². The van der Waals surface area contributed by atoms with Crippen LogP contribution in [-0.2, 0) is 12.8 Å². The number of aromatic nitrogens is 2. The Morgan fingerprint density at radius 3 is 2.62 bits per heavy atom. The molecule has 2 aromatic carbocycles. The van der Waals surface area contributed by atoms with Gasteiger partial charge in [0.2, 0.25) is 0 Å². The minimum absolute atomic E-state index is 0.319. The molecule has 0 radical (unpaired) electrons. The molecule has 5 nitrogen and oxygen atoms in total. The molecule has 0 amide bonds. The van der Waals surface area contributed by atoms with Gasteiger partial charge in [-0.25, -0.2) is 9.18 Å². The smallest absolute Gasteiger partial charge is 0.338 e. The summed E-state index contributed by atoms with van der Waals surface area (Å²) < 4.78 is 15.6. The van der Waals surface area contributed by atoms with Gasteiger partial charge in [-0.15, -0.1) is 0 Å². The van der Waals surface area contributed by atoms with E-state index in [1.807, 2.05) is 13.0 Å². The molecule has 0 atom stereocenters. The maximum atomic E-state index is 14.3. The minimum Gasteiger partial charge on any atom is -0.478 e. The fourth-order valence-electron chi connectivity index (χ4n) is 3.84. The predicted molar refractivity (Wildman–Crippen MR) is 107 cm³/mol. The summed E-state index contributed by atoms with van der Waals surface area (Å²) in [4.78, 5) is 24.4. The van der Waals surface area contributed by atoms with Gasteiger partial charge in [0, 0.05) is 11.1 Å². The molecule has 0 unspecified atom stereocenters. The summed E-state index contributed by atoms with van der Waals surface area (Å²) in [5, 5.41) is 13.9. The van der Waals surface area contributed by atoms with Crippen LogP contribution in [0, 0.1) is 12.7 Å². The fourth-order valence-corrected chi connectivity index (χ4v) is 4.15. The third-order valence-electron chi connectivity index (χ3n) is 5.28. The van der Waals surface area contributed by atoms with Crippen LogP contribution in [0.1, 0.15) is 50.4 Å². The molecular formula is C22H18ClFN2O3. The highest BCUT2D eigenvalue weighted by Crippen LogP contribution is 2.33. The lowest BCUT2D eigenvalue weighted by molar-refractivity contribution is 0.0691. The Bertz CT molecular complexity index is 1130. The lowest BCUT2D eigenvalue weighted by Gasteiger charge is -2.14. The number of halogens is 2. The molecule has 1 aliphatic rings. The topological polar surface area (TPSA) is 72.2 Å². The predicted octanol–water partition coefficient (Wildman–Crippen LogP) is 4.92. The van der Waals surface area contributed by atoms with Crippen molar-refractivity contribution in [1.82, 2.24) is 9.78 Å². The van der Waals surface area contributed by atoms with E-state index in [2.05, 4.69) is 5.10 Å². The van der Waals surface area contributed by atoms with Gasteiger partial charge in [0.05, 0.1) is 27.5 Å². The van der Waals surface area contributed by atoms with E-state index < -0.39 is 17.3 Å². The molecule has 0 bridgehead atoms. The summed E-state index contributed by atoms with van der Waals surface area (Å²) >= 11 is 6.28. The summed E-state index contributed by atoms with van der Waals surface area (Å²) in [6.45, 7) is 1.82. The first-order chi connectivity index (χ1) is 13.9. The average molecular weight is 413 g/mol. The van der Waals surface area contributed by atoms with E-state index in [1.54, 1.807) is 12.1 Å². The van der Waals surface area contributed by atoms with Gasteiger partial charge < -0.3 is 5.11 Å². The molecule has 1 aromatic heterocycles. The zero-order valence-electron chi connectivity index (χ0n) is 15.7. The Balaban J connectivity index is 1.86. The second kappa shape index (κ2) is 7.44. The summed E-state index contributed by atoms with van der Waals surface area (Å²) in [6.07, 6.45) is 3.29. The first-order valence-corrected chi connectivity index (χ1v) is 9.70. The normalized spacial score (nSPS) is 13.2. The number of aryl methyl sites for hydroxylation is 1. The number of hydrogen-bond acceptors (Lipinski definition) is 3. The number of carboxylic acid groups (broad SMARTS) is 1. The fraction of sp³-hybridized carbons (Fsp3) is 0.227. The minimum atomic E-state index is -1.33. The molecule has 7 heteroatoms. The largest absolute Gasteiger partial charge is 0.478 e. The monoisotopic (exact) mass is 412 g/mol. The second-order valence-corrected chi connectivity index (χ2v) is 7.54. The molecule has 148 valence electrons. The van der Waals surface area contributed by atoms with E-state index in [-0.39, 0.29) is 5.91 Å². The molecule has 1 N–H and O–H groups in total. The SMILES string of the molecule is Cc1cccc(Cl)c1C(=O)n1nc(-c2ccc(C(=O)O)c(F)c2)c2c1CCCC2. The number of hydrogen-bond donors (Lipinski definition) is 1. The first-order valence-electron chi connectivity index (χ1n) is 9.32. The number of benzene rings is 2. The van der Waals surface area contributed by atoms with Gasteiger partial charge in [0.25, 0.3) is 5.91 Å². The molecule has 29 heavy (non-hydrogen) atoms. The standard InChI is InChI=1S/C22H18ClFN2O3/c1-12-5-4-7-16(23)19(12)21(27)26-18-8-3-2-6-15(18)20(25-26)13-9-10-14(22(28)29)17(24)11-13/h4-5,7,9-11H,2-3,6,8H2,1H3,(H,28,29). The Hall–Kier alpha value is -2.99. The van der Waals surface area contributed by atoms with Crippen molar-refractivity contribution in [1.29, 1.82) is 0 Å². The van der Waals surface area contributed by atoms with E-state index in [9.17, 15) is 14.0 Å². The van der Waals surface area contributed by atoms with Crippen LogP contribution in [0.25, 0.3) is 11.3 Å². The quantitative estimate of drug-likeness (QED) is 0.663. The van der Waals surface area contributed by atoms with Crippen molar-refractivity contribution >= 4 is 23.5 Å². The van der Waals surface area contributed by atoms with Crippen molar-refractivity contribution in [2.75, 3.05) is 0 Å². The van der Waals surface area contributed by atoms with Crippen LogP contribution in [0.15, 0.2) is 36.4 Å². The Morgan fingerprint density at radius 2 is 1.93 bits per heavy atom. The average Bonchev–Trinajstić information content (AvgIpc) is 3.07. The van der Waals surface area contributed by atoms with Crippen LogP contribution in [0.5, 0.6) is 0 Å². The lowest BCUT2D eigenvalue weighted by atomic mass is 9.93. The van der Waals surface area contributed by atoms with Gasteiger partial charge in [0.1, 0.15) is 5.82 Å². The van der Waals surface area contributed by atoms with Crippen molar-refractivity contribution in [2.45, 2.75) is 32.6 Å². The lowest BCUT2D eigenvalue weighted by Crippen LogP contribution is -2.19. The van der Waals surface area contributed by atoms with Crippen LogP contribution in [0.2, 0.25) is 5.02 Å². The van der Waals surface area contributed by atoms with Crippen molar-refractivity contribution in [2.24, 2.45) is 0 Å². The van der Waals surface area contributed by atoms with E-state index >= 15 is 0 Å². The Kier molecular flexibility index (Phi) is 4.96. The molecule has 4 rings (SSSR count). The highest BCUT2D eigenvalue weighted by Gasteiger charge is 2.27. The summed E-state index contributed by atoms with van der Waals surface area (Å²) in [5.74, 6) is -2.48. The summed E-state index contributed by atoms with van der Waals surface area (Å²) in [7, 11) is 0. The number of carbonyl (C=O) groups is 2. The van der Waals surface area contributed by atoms with Crippen molar-refractivity contribution < 1.29 is 19.1 Å². The van der Waals surface area contributed by atoms with Gasteiger partial charge >= 0.3 is 5.97 Å². The molecule has 3 aromatic rings. The van der Waals surface area contributed by atoms with Crippen molar-refractivity contribution in [3.63, 3.8) is 0 Å². The number of carbonyl (C=O) groups excluding carboxylic acids is 1. The van der Waals surface area contributed by atoms with Gasteiger partial charge in [-0.2, -0.15) is 9.78 Å². The Labute approximate surface area is 171 Å². The number of aromatic carboxylic acids is 1. The molecule has 1 aliphatic carbocycles. The molecule has 0 saturated carbocycles. The number of carboxylic acids is 1. The maximum absolute atomic E-state index is 14.3. The molecule has 0 aliphatic heterocycles. The number of fused-ring (bicyclic) bond motifs is 1. The molecule has 0 fully saturated rings. The molecular weight excluding hydrogens is 395 g/mol. The highest BCUT2D eigenvalue weighted by molar-refractivity contribution is 6.34. The molecule has 0 saturated heterocycles. The zero-order chi connectivity index (χ0) is 20.7. The van der Waals surface area contributed by atoms with Gasteiger partial charge in [-0.05, 0) is 56.4 Å². The second-order valence-electron chi connectivity index (χ2n) is 7.13. The molecule has 1 heterocycles.